The summed E-state index contributed by atoms with van der Waals surface area (Å²) in [6.07, 6.45) is -3.72. The van der Waals surface area contributed by atoms with E-state index in [1.807, 2.05) is 60.7 Å². The van der Waals surface area contributed by atoms with Crippen molar-refractivity contribution in [1.82, 2.24) is 5.32 Å². The van der Waals surface area contributed by atoms with Crippen LogP contribution in [0.25, 0.3) is 0 Å². The number of ether oxygens (including phenoxy) is 1. The van der Waals surface area contributed by atoms with Crippen molar-refractivity contribution in [3.05, 3.63) is 161 Å². The van der Waals surface area contributed by atoms with Crippen LogP contribution in [0, 0.1) is 0 Å². The summed E-state index contributed by atoms with van der Waals surface area (Å²) in [5, 5.41) is 3.24. The number of nitrogens with one attached hydrogen (secondary N) is 1. The zero-order valence-electron chi connectivity index (χ0n) is 26.3. The van der Waals surface area contributed by atoms with E-state index in [1.54, 1.807) is 60.7 Å². The van der Waals surface area contributed by atoms with Crippen LogP contribution in [0.5, 0.6) is 5.75 Å². The Kier molecular flexibility index (Phi) is 11.1. The number of anilines is 1. The highest BCUT2D eigenvalue weighted by Crippen LogP contribution is 2.41. The molecule has 0 aliphatic carbocycles. The van der Waals surface area contributed by atoms with Crippen molar-refractivity contribution in [2.24, 2.45) is 0 Å². The molecule has 1 N–H and O–H groups in total. The maximum absolute atomic E-state index is 13.8. The highest BCUT2D eigenvalue weighted by molar-refractivity contribution is 7.92. The summed E-state index contributed by atoms with van der Waals surface area (Å²) < 4.78 is 74.8. The lowest BCUT2D eigenvalue weighted by Gasteiger charge is -2.36. The molecule has 0 heterocycles. The Hall–Kier alpha value is -4.31. The number of hydrogen-bond donors (Lipinski definition) is 1. The molecule has 0 bridgehead atoms. The molecular weight excluding hydrogens is 657 g/mol. The molecule has 5 rings (SSSR count). The number of sulfonamides is 1. The van der Waals surface area contributed by atoms with E-state index in [1.165, 1.54) is 17.4 Å². The quantitative estimate of drug-likeness (QED) is 0.118. The highest BCUT2D eigenvalue weighted by Gasteiger charge is 2.38. The Morgan fingerprint density at radius 2 is 1.35 bits per heavy atom. The zero-order valence-corrected chi connectivity index (χ0v) is 27.9. The first kappa shape index (κ1) is 35.0. The Balaban J connectivity index is 1.30. The molecule has 0 saturated carbocycles. The van der Waals surface area contributed by atoms with Gasteiger partial charge in [0.15, 0.2) is 0 Å². The number of benzene rings is 5. The maximum Gasteiger partial charge on any atom is 0.417 e. The maximum atomic E-state index is 13.8. The van der Waals surface area contributed by atoms with E-state index in [9.17, 15) is 21.6 Å². The molecular formula is C38H36ClF3N2O3S. The van der Waals surface area contributed by atoms with Gasteiger partial charge >= 0.3 is 6.18 Å². The summed E-state index contributed by atoms with van der Waals surface area (Å²) in [6.45, 7) is 1.33. The molecule has 0 aliphatic rings. The average Bonchev–Trinajstić information content (AvgIpc) is 3.10. The number of halogens is 4. The van der Waals surface area contributed by atoms with Crippen LogP contribution in [0.4, 0.5) is 18.9 Å². The third kappa shape index (κ3) is 8.03. The molecule has 0 atom stereocenters. The number of alkyl halides is 3. The predicted molar refractivity (Wildman–Crippen MR) is 185 cm³/mol. The van der Waals surface area contributed by atoms with Crippen LogP contribution < -0.4 is 14.4 Å². The minimum Gasteiger partial charge on any atom is -0.493 e. The molecule has 5 aromatic carbocycles. The molecule has 0 unspecified atom stereocenters. The molecule has 5 nitrogen and oxygen atoms in total. The van der Waals surface area contributed by atoms with Gasteiger partial charge in [0.2, 0.25) is 0 Å². The first-order valence-electron chi connectivity index (χ1n) is 15.5. The van der Waals surface area contributed by atoms with Crippen LogP contribution in [-0.4, -0.2) is 35.2 Å². The molecule has 5 aromatic rings. The van der Waals surface area contributed by atoms with Gasteiger partial charge in [0, 0.05) is 25.1 Å². The van der Waals surface area contributed by atoms with Crippen molar-refractivity contribution >= 4 is 27.3 Å². The number of hydrogen-bond acceptors (Lipinski definition) is 4. The Morgan fingerprint density at radius 3 is 1.96 bits per heavy atom. The topological polar surface area (TPSA) is 58.6 Å². The van der Waals surface area contributed by atoms with Gasteiger partial charge in [-0.15, -0.1) is 0 Å². The smallest absolute Gasteiger partial charge is 0.417 e. The van der Waals surface area contributed by atoms with E-state index < -0.39 is 27.2 Å². The summed E-state index contributed by atoms with van der Waals surface area (Å²) in [6, 6.07) is 38.6. The molecule has 0 fully saturated rings. The van der Waals surface area contributed by atoms with Gasteiger partial charge in [-0.3, -0.25) is 4.31 Å². The lowest BCUT2D eigenvalue weighted by Crippen LogP contribution is -2.42. The normalized spacial score (nSPS) is 12.1. The first-order valence-corrected chi connectivity index (χ1v) is 17.3. The lowest BCUT2D eigenvalue weighted by atomic mass is 9.70. The molecule has 0 saturated heterocycles. The van der Waals surface area contributed by atoms with Gasteiger partial charge < -0.3 is 10.1 Å². The van der Waals surface area contributed by atoms with Crippen molar-refractivity contribution in [3.63, 3.8) is 0 Å². The summed E-state index contributed by atoms with van der Waals surface area (Å²) in [5.41, 5.74) is 1.18. The highest BCUT2D eigenvalue weighted by atomic mass is 35.5. The molecule has 0 amide bonds. The second kappa shape index (κ2) is 15.3. The zero-order chi connectivity index (χ0) is 34.2. The van der Waals surface area contributed by atoms with Gasteiger partial charge in [0.25, 0.3) is 10.0 Å². The number of rotatable bonds is 14. The van der Waals surface area contributed by atoms with E-state index in [0.29, 0.717) is 43.1 Å². The van der Waals surface area contributed by atoms with E-state index in [2.05, 4.69) is 5.32 Å². The van der Waals surface area contributed by atoms with Gasteiger partial charge in [0.1, 0.15) is 5.75 Å². The third-order valence-corrected chi connectivity index (χ3v) is 10.6. The largest absolute Gasteiger partial charge is 0.493 e. The van der Waals surface area contributed by atoms with Crippen molar-refractivity contribution in [1.29, 1.82) is 0 Å². The van der Waals surface area contributed by atoms with Crippen LogP contribution in [0.15, 0.2) is 138 Å². The fourth-order valence-corrected chi connectivity index (χ4v) is 7.27. The summed E-state index contributed by atoms with van der Waals surface area (Å²) in [5.74, 6) is 0.532. The minimum atomic E-state index is -4.57. The van der Waals surface area contributed by atoms with Gasteiger partial charge in [-0.1, -0.05) is 109 Å². The Morgan fingerprint density at radius 1 is 0.771 bits per heavy atom. The van der Waals surface area contributed by atoms with Gasteiger partial charge in [-0.05, 0) is 66.4 Å². The van der Waals surface area contributed by atoms with Crippen LogP contribution in [-0.2, 0) is 28.0 Å². The van der Waals surface area contributed by atoms with Crippen molar-refractivity contribution in [2.75, 3.05) is 31.0 Å². The van der Waals surface area contributed by atoms with Crippen molar-refractivity contribution in [2.45, 2.75) is 29.3 Å². The van der Waals surface area contributed by atoms with Gasteiger partial charge in [-0.2, -0.15) is 13.2 Å². The molecule has 0 aliphatic heterocycles. The van der Waals surface area contributed by atoms with Crippen LogP contribution in [0.1, 0.15) is 28.7 Å². The standard InChI is InChI=1S/C38H36ClF3N2O3S/c1-44(48(45,46)34-21-9-4-10-22-34)32-19-12-20-33(26-32)47-25-13-24-43-28-37(30-15-5-2-6-16-30,31-17-7-3-8-18-31)27-29-14-11-23-35(36(29)39)38(40,41)42/h2-12,14-23,26,43H,13,24-25,27-28H2,1H3. The molecule has 10 heteroatoms. The second-order valence-electron chi connectivity index (χ2n) is 11.4. The second-order valence-corrected chi connectivity index (χ2v) is 13.8. The predicted octanol–water partition coefficient (Wildman–Crippen LogP) is 8.77. The molecule has 250 valence electrons. The van der Waals surface area contributed by atoms with Crippen LogP contribution >= 0.6 is 11.6 Å². The molecule has 0 aromatic heterocycles. The third-order valence-electron chi connectivity index (χ3n) is 8.31. The van der Waals surface area contributed by atoms with Crippen LogP contribution in [0.3, 0.4) is 0 Å². The van der Waals surface area contributed by atoms with E-state index in [0.717, 1.165) is 17.2 Å². The van der Waals surface area contributed by atoms with Crippen molar-refractivity contribution in [3.8, 4) is 5.75 Å². The summed E-state index contributed by atoms with van der Waals surface area (Å²) in [4.78, 5) is 0.197. The van der Waals surface area contributed by atoms with Crippen LogP contribution in [0.2, 0.25) is 5.02 Å². The van der Waals surface area contributed by atoms with Crippen molar-refractivity contribution < 1.29 is 26.3 Å². The fourth-order valence-electron chi connectivity index (χ4n) is 5.76. The van der Waals surface area contributed by atoms with E-state index in [-0.39, 0.29) is 16.3 Å². The number of nitrogens with zero attached hydrogens (tertiary/aromatic N) is 1. The van der Waals surface area contributed by atoms with E-state index in [4.69, 9.17) is 16.3 Å². The lowest BCUT2D eigenvalue weighted by molar-refractivity contribution is -0.137. The summed E-state index contributed by atoms with van der Waals surface area (Å²) >= 11 is 6.43. The van der Waals surface area contributed by atoms with E-state index >= 15 is 0 Å². The molecule has 0 radical (unpaired) electrons. The monoisotopic (exact) mass is 692 g/mol. The Bertz CT molecular complexity index is 1850. The minimum absolute atomic E-state index is 0.197. The molecule has 0 spiro atoms. The Labute approximate surface area is 285 Å². The summed E-state index contributed by atoms with van der Waals surface area (Å²) in [7, 11) is -2.23. The average molecular weight is 693 g/mol. The molecule has 48 heavy (non-hydrogen) atoms. The SMILES string of the molecule is CN(c1cccc(OCCCNCC(Cc2cccc(C(F)(F)F)c2Cl)(c2ccccc2)c2ccccc2)c1)S(=O)(=O)c1ccccc1. The first-order chi connectivity index (χ1) is 23.0. The van der Waals surface area contributed by atoms with Gasteiger partial charge in [-0.25, -0.2) is 8.42 Å². The fraction of sp³-hybridized carbons (Fsp3) is 0.211. The van der Waals surface area contributed by atoms with Gasteiger partial charge in [0.05, 0.1) is 27.8 Å².